The fourth-order valence-corrected chi connectivity index (χ4v) is 1.47. The van der Waals surface area contributed by atoms with Crippen LogP contribution >= 0.6 is 0 Å². The molecule has 0 radical (unpaired) electrons. The highest BCUT2D eigenvalue weighted by molar-refractivity contribution is 5.80. The maximum absolute atomic E-state index is 13.6. The summed E-state index contributed by atoms with van der Waals surface area (Å²) in [5.41, 5.74) is 5.76. The van der Waals surface area contributed by atoms with Gasteiger partial charge in [0.1, 0.15) is 17.7 Å². The molecule has 1 aromatic carbocycles. The van der Waals surface area contributed by atoms with Gasteiger partial charge in [0.05, 0.1) is 23.7 Å². The molecule has 0 atom stereocenters. The van der Waals surface area contributed by atoms with Gasteiger partial charge in [-0.15, -0.1) is 0 Å². The van der Waals surface area contributed by atoms with E-state index in [1.165, 1.54) is 4.68 Å². The lowest BCUT2D eigenvalue weighted by Gasteiger charge is -1.99. The molecule has 7 heteroatoms. The molecule has 0 aliphatic rings. The van der Waals surface area contributed by atoms with Crippen molar-refractivity contribution in [3.63, 3.8) is 0 Å². The number of hydrogen-bond acceptors (Lipinski definition) is 4. The van der Waals surface area contributed by atoms with Crippen molar-refractivity contribution in [1.82, 2.24) is 9.66 Å². The highest BCUT2D eigenvalue weighted by Crippen LogP contribution is 2.13. The lowest BCUT2D eigenvalue weighted by Crippen LogP contribution is -1.99. The molecule has 0 spiro atoms. The van der Waals surface area contributed by atoms with Crippen molar-refractivity contribution in [3.8, 4) is 6.07 Å². The minimum absolute atomic E-state index is 0.0812. The first kappa shape index (κ1) is 12.7. The van der Waals surface area contributed by atoms with E-state index in [0.29, 0.717) is 5.69 Å². The second-order valence-corrected chi connectivity index (χ2v) is 3.79. The first-order valence-electron chi connectivity index (χ1n) is 5.26. The Balaban J connectivity index is 2.37. The Morgan fingerprint density at radius 3 is 2.74 bits per heavy atom. The second-order valence-electron chi connectivity index (χ2n) is 3.79. The predicted octanol–water partition coefficient (Wildman–Crippen LogP) is 1.81. The Bertz CT molecular complexity index is 697. The number of nitriles is 1. The van der Waals surface area contributed by atoms with Gasteiger partial charge in [-0.1, -0.05) is 0 Å². The van der Waals surface area contributed by atoms with Gasteiger partial charge in [-0.2, -0.15) is 10.4 Å². The van der Waals surface area contributed by atoms with Gasteiger partial charge in [0, 0.05) is 5.56 Å². The summed E-state index contributed by atoms with van der Waals surface area (Å²) in [6, 6.07) is 3.27. The average Bonchev–Trinajstić information content (AvgIpc) is 2.68. The molecule has 0 unspecified atom stereocenters. The van der Waals surface area contributed by atoms with Gasteiger partial charge in [0.25, 0.3) is 0 Å². The number of aryl methyl sites for hydroxylation is 1. The topological polar surface area (TPSA) is 80.0 Å². The summed E-state index contributed by atoms with van der Waals surface area (Å²) in [6.45, 7) is 1.73. The molecule has 1 aromatic heterocycles. The molecule has 0 saturated heterocycles. The minimum atomic E-state index is -0.805. The number of rotatable bonds is 2. The van der Waals surface area contributed by atoms with Crippen molar-refractivity contribution >= 4 is 12.2 Å². The van der Waals surface area contributed by atoms with Gasteiger partial charge >= 0.3 is 0 Å². The molecule has 5 nitrogen and oxygen atoms in total. The van der Waals surface area contributed by atoms with E-state index in [9.17, 15) is 8.78 Å². The first-order valence-corrected chi connectivity index (χ1v) is 5.26. The van der Waals surface area contributed by atoms with Crippen LogP contribution in [0.2, 0.25) is 0 Å². The Morgan fingerprint density at radius 2 is 2.16 bits per heavy atom. The number of aromatic nitrogens is 2. The van der Waals surface area contributed by atoms with Crippen LogP contribution in [0.4, 0.5) is 14.7 Å². The van der Waals surface area contributed by atoms with Gasteiger partial charge in [-0.3, -0.25) is 0 Å². The summed E-state index contributed by atoms with van der Waals surface area (Å²) in [4.78, 5) is 3.91. The molecule has 0 aliphatic heterocycles. The van der Waals surface area contributed by atoms with Crippen molar-refractivity contribution in [2.24, 2.45) is 5.10 Å². The highest BCUT2D eigenvalue weighted by Gasteiger charge is 2.08. The number of benzene rings is 1. The normalized spacial score (nSPS) is 10.8. The number of nitrogens with zero attached hydrogens (tertiary/aromatic N) is 4. The van der Waals surface area contributed by atoms with E-state index < -0.39 is 11.6 Å². The molecule has 2 N–H and O–H groups in total. The zero-order valence-electron chi connectivity index (χ0n) is 9.93. The van der Waals surface area contributed by atoms with Crippen molar-refractivity contribution in [2.75, 3.05) is 5.73 Å². The Hall–Kier alpha value is -2.75. The van der Waals surface area contributed by atoms with E-state index in [1.807, 2.05) is 0 Å². The molecule has 0 saturated carbocycles. The Kier molecular flexibility index (Phi) is 3.25. The molecular weight excluding hydrogens is 252 g/mol. The van der Waals surface area contributed by atoms with E-state index >= 15 is 0 Å². The SMILES string of the molecule is Cc1cn(N=Cc2cc(F)c(C#N)cc2F)c(N)n1. The van der Waals surface area contributed by atoms with Crippen LogP contribution in [-0.4, -0.2) is 15.9 Å². The number of nitrogen functional groups attached to an aromatic ring is 1. The molecule has 19 heavy (non-hydrogen) atoms. The Morgan fingerprint density at radius 1 is 1.42 bits per heavy atom. The van der Waals surface area contributed by atoms with Gasteiger partial charge in [0.2, 0.25) is 5.95 Å². The summed E-state index contributed by atoms with van der Waals surface area (Å²) < 4.78 is 28.1. The number of imidazole rings is 1. The fourth-order valence-electron chi connectivity index (χ4n) is 1.47. The first-order chi connectivity index (χ1) is 9.01. The van der Waals surface area contributed by atoms with Crippen LogP contribution < -0.4 is 5.73 Å². The van der Waals surface area contributed by atoms with Crippen LogP contribution in [0.1, 0.15) is 16.8 Å². The van der Waals surface area contributed by atoms with Crippen LogP contribution in [0.15, 0.2) is 23.4 Å². The summed E-state index contributed by atoms with van der Waals surface area (Å²) >= 11 is 0. The number of anilines is 1. The van der Waals surface area contributed by atoms with Gasteiger partial charge in [-0.05, 0) is 19.1 Å². The van der Waals surface area contributed by atoms with Crippen LogP contribution in [0, 0.1) is 29.9 Å². The van der Waals surface area contributed by atoms with Gasteiger partial charge in [0.15, 0.2) is 0 Å². The number of halogens is 2. The third kappa shape index (κ3) is 2.57. The molecule has 96 valence electrons. The van der Waals surface area contributed by atoms with Crippen LogP contribution in [0.3, 0.4) is 0 Å². The summed E-state index contributed by atoms with van der Waals surface area (Å²) in [6.07, 6.45) is 2.65. The van der Waals surface area contributed by atoms with Crippen molar-refractivity contribution in [1.29, 1.82) is 5.26 Å². The van der Waals surface area contributed by atoms with Gasteiger partial charge < -0.3 is 5.73 Å². The standard InChI is InChI=1S/C12H9F2N5/c1-7-6-19(12(16)18-7)17-5-9-3-10(13)8(4-15)2-11(9)14/h2-3,5-6H,1H3,(H2,16,18). The van der Waals surface area contributed by atoms with E-state index in [0.717, 1.165) is 18.3 Å². The monoisotopic (exact) mass is 261 g/mol. The Labute approximate surface area is 107 Å². The minimum Gasteiger partial charge on any atom is -0.368 e. The third-order valence-electron chi connectivity index (χ3n) is 2.36. The second kappa shape index (κ2) is 4.86. The molecule has 0 fully saturated rings. The average molecular weight is 261 g/mol. The summed E-state index contributed by atoms with van der Waals surface area (Å²) in [5, 5.41) is 12.4. The molecule has 0 bridgehead atoms. The third-order valence-corrected chi connectivity index (χ3v) is 2.36. The van der Waals surface area contributed by atoms with Crippen molar-refractivity contribution in [2.45, 2.75) is 6.92 Å². The largest absolute Gasteiger partial charge is 0.368 e. The maximum Gasteiger partial charge on any atom is 0.221 e. The zero-order chi connectivity index (χ0) is 14.0. The summed E-state index contributed by atoms with van der Waals surface area (Å²) in [7, 11) is 0. The predicted molar refractivity (Wildman–Crippen MR) is 65.4 cm³/mol. The quantitative estimate of drug-likeness (QED) is 0.837. The molecular formula is C12H9F2N5. The summed E-state index contributed by atoms with van der Waals surface area (Å²) in [5.74, 6) is -1.40. The van der Waals surface area contributed by atoms with Crippen LogP contribution in [0.5, 0.6) is 0 Å². The molecule has 2 aromatic rings. The highest BCUT2D eigenvalue weighted by atomic mass is 19.1. The lowest BCUT2D eigenvalue weighted by atomic mass is 10.1. The molecule has 2 rings (SSSR count). The van der Waals surface area contributed by atoms with Crippen LogP contribution in [0.25, 0.3) is 0 Å². The van der Waals surface area contributed by atoms with E-state index in [2.05, 4.69) is 10.1 Å². The van der Waals surface area contributed by atoms with E-state index in [-0.39, 0.29) is 17.1 Å². The van der Waals surface area contributed by atoms with Crippen LogP contribution in [-0.2, 0) is 0 Å². The van der Waals surface area contributed by atoms with Gasteiger partial charge in [-0.25, -0.2) is 18.4 Å². The van der Waals surface area contributed by atoms with E-state index in [1.54, 1.807) is 19.2 Å². The maximum atomic E-state index is 13.6. The zero-order valence-corrected chi connectivity index (χ0v) is 9.93. The van der Waals surface area contributed by atoms with Crippen molar-refractivity contribution in [3.05, 3.63) is 46.8 Å². The number of hydrogen-bond donors (Lipinski definition) is 1. The smallest absolute Gasteiger partial charge is 0.221 e. The fraction of sp³-hybridized carbons (Fsp3) is 0.0833. The number of nitrogens with two attached hydrogens (primary N) is 1. The molecule has 0 aliphatic carbocycles. The molecule has 1 heterocycles. The lowest BCUT2D eigenvalue weighted by molar-refractivity contribution is 0.595. The van der Waals surface area contributed by atoms with Crippen molar-refractivity contribution < 1.29 is 8.78 Å². The van der Waals surface area contributed by atoms with E-state index in [4.69, 9.17) is 11.0 Å². The molecule has 0 amide bonds.